The molecule has 27 heavy (non-hydrogen) atoms. The molecule has 7 nitrogen and oxygen atoms in total. The summed E-state index contributed by atoms with van der Waals surface area (Å²) in [5.41, 5.74) is 0.384. The fourth-order valence-electron chi connectivity index (χ4n) is 2.98. The van der Waals surface area contributed by atoms with Crippen LogP contribution in [0.1, 0.15) is 39.2 Å². The maximum atomic E-state index is 12.4. The summed E-state index contributed by atoms with van der Waals surface area (Å²) in [6.07, 6.45) is 0.492. The number of hydrogen-bond acceptors (Lipinski definition) is 5. The molecule has 0 aromatic heterocycles. The molecule has 1 heterocycles. The van der Waals surface area contributed by atoms with Gasteiger partial charge in [0.2, 0.25) is 0 Å². The Hall–Kier alpha value is -2.28. The molecule has 150 valence electrons. The van der Waals surface area contributed by atoms with E-state index < -0.39 is 11.7 Å². The Morgan fingerprint density at radius 1 is 1.22 bits per heavy atom. The number of nitrogens with one attached hydrogen (secondary N) is 1. The summed E-state index contributed by atoms with van der Waals surface area (Å²) in [4.78, 5) is 26.0. The van der Waals surface area contributed by atoms with E-state index in [4.69, 9.17) is 14.2 Å². The van der Waals surface area contributed by atoms with Crippen LogP contribution in [0.5, 0.6) is 0 Å². The zero-order chi connectivity index (χ0) is 19.9. The molecule has 1 aromatic rings. The maximum Gasteiger partial charge on any atom is 0.410 e. The van der Waals surface area contributed by atoms with Crippen molar-refractivity contribution >= 4 is 12.2 Å². The van der Waals surface area contributed by atoms with E-state index in [-0.39, 0.29) is 24.8 Å². The Bertz CT molecular complexity index is 615. The van der Waals surface area contributed by atoms with E-state index in [1.807, 2.05) is 51.1 Å². The van der Waals surface area contributed by atoms with Crippen molar-refractivity contribution in [3.05, 3.63) is 35.9 Å². The zero-order valence-electron chi connectivity index (χ0n) is 16.6. The highest BCUT2D eigenvalue weighted by Gasteiger charge is 2.37. The number of likely N-dealkylation sites (tertiary alicyclic amines) is 1. The monoisotopic (exact) mass is 378 g/mol. The molecule has 0 spiro atoms. The SMILES string of the molecule is COC1CC(CCNC(=O)OCc2ccccc2)N(C(=O)OC(C)(C)C)C1. The topological polar surface area (TPSA) is 77.1 Å². The highest BCUT2D eigenvalue weighted by atomic mass is 16.6. The van der Waals surface area contributed by atoms with Crippen molar-refractivity contribution in [2.75, 3.05) is 20.2 Å². The number of methoxy groups -OCH3 is 1. The summed E-state index contributed by atoms with van der Waals surface area (Å²) >= 11 is 0. The fourth-order valence-corrected chi connectivity index (χ4v) is 2.98. The average molecular weight is 378 g/mol. The van der Waals surface area contributed by atoms with Gasteiger partial charge in [-0.15, -0.1) is 0 Å². The predicted molar refractivity (Wildman–Crippen MR) is 101 cm³/mol. The van der Waals surface area contributed by atoms with E-state index in [0.29, 0.717) is 19.5 Å². The second-order valence-corrected chi connectivity index (χ2v) is 7.66. The van der Waals surface area contributed by atoms with Crippen LogP contribution in [0.3, 0.4) is 0 Å². The van der Waals surface area contributed by atoms with Crippen LogP contribution >= 0.6 is 0 Å². The van der Waals surface area contributed by atoms with Gasteiger partial charge < -0.3 is 24.4 Å². The summed E-state index contributed by atoms with van der Waals surface area (Å²) in [6.45, 7) is 6.66. The van der Waals surface area contributed by atoms with Gasteiger partial charge in [0.25, 0.3) is 0 Å². The minimum Gasteiger partial charge on any atom is -0.445 e. The van der Waals surface area contributed by atoms with Gasteiger partial charge in [-0.25, -0.2) is 9.59 Å². The number of alkyl carbamates (subject to hydrolysis) is 1. The molecule has 7 heteroatoms. The van der Waals surface area contributed by atoms with Gasteiger partial charge in [-0.2, -0.15) is 0 Å². The normalized spacial score (nSPS) is 19.6. The van der Waals surface area contributed by atoms with Crippen LogP contribution in [-0.2, 0) is 20.8 Å². The van der Waals surface area contributed by atoms with E-state index in [2.05, 4.69) is 5.32 Å². The maximum absolute atomic E-state index is 12.4. The third-order valence-electron chi connectivity index (χ3n) is 4.30. The number of carbonyl (C=O) groups excluding carboxylic acids is 2. The minimum atomic E-state index is -0.549. The van der Waals surface area contributed by atoms with Gasteiger partial charge >= 0.3 is 12.2 Å². The van der Waals surface area contributed by atoms with Crippen molar-refractivity contribution in [2.24, 2.45) is 0 Å². The van der Waals surface area contributed by atoms with Crippen LogP contribution in [0.2, 0.25) is 0 Å². The molecule has 0 aliphatic carbocycles. The van der Waals surface area contributed by atoms with Gasteiger partial charge in [0, 0.05) is 19.7 Å². The molecular weight excluding hydrogens is 348 g/mol. The number of nitrogens with zero attached hydrogens (tertiary/aromatic N) is 1. The van der Waals surface area contributed by atoms with Gasteiger partial charge in [0.05, 0.1) is 12.6 Å². The van der Waals surface area contributed by atoms with Crippen LogP contribution in [-0.4, -0.2) is 55.0 Å². The standard InChI is InChI=1S/C20H30N2O5/c1-20(2,3)27-19(24)22-13-17(25-4)12-16(22)10-11-21-18(23)26-14-15-8-6-5-7-9-15/h5-9,16-17H,10-14H2,1-4H3,(H,21,23). The Morgan fingerprint density at radius 3 is 2.56 bits per heavy atom. The lowest BCUT2D eigenvalue weighted by atomic mass is 10.1. The Labute approximate surface area is 161 Å². The Kier molecular flexibility index (Phi) is 7.47. The third-order valence-corrected chi connectivity index (χ3v) is 4.30. The number of rotatable bonds is 6. The summed E-state index contributed by atoms with van der Waals surface area (Å²) in [5, 5.41) is 2.74. The van der Waals surface area contributed by atoms with Crippen molar-refractivity contribution < 1.29 is 23.8 Å². The molecule has 2 rings (SSSR count). The summed E-state index contributed by atoms with van der Waals surface area (Å²) in [7, 11) is 1.64. The molecule has 2 amide bonds. The van der Waals surface area contributed by atoms with Gasteiger partial charge in [-0.1, -0.05) is 30.3 Å². The van der Waals surface area contributed by atoms with Crippen molar-refractivity contribution in [1.82, 2.24) is 10.2 Å². The number of carbonyl (C=O) groups is 2. The van der Waals surface area contributed by atoms with Crippen molar-refractivity contribution in [1.29, 1.82) is 0 Å². The molecule has 1 N–H and O–H groups in total. The third kappa shape index (κ3) is 7.09. The molecule has 2 unspecified atom stereocenters. The number of benzene rings is 1. The van der Waals surface area contributed by atoms with Gasteiger partial charge in [-0.05, 0) is 39.2 Å². The van der Waals surface area contributed by atoms with Crippen LogP contribution in [0.4, 0.5) is 9.59 Å². The fraction of sp³-hybridized carbons (Fsp3) is 0.600. The highest BCUT2D eigenvalue weighted by molar-refractivity contribution is 5.69. The molecule has 0 radical (unpaired) electrons. The molecule has 0 saturated carbocycles. The molecule has 1 aliphatic heterocycles. The van der Waals surface area contributed by atoms with E-state index in [1.165, 1.54) is 0 Å². The van der Waals surface area contributed by atoms with Gasteiger partial charge in [0.1, 0.15) is 12.2 Å². The molecule has 1 fully saturated rings. The first kappa shape index (κ1) is 21.0. The second-order valence-electron chi connectivity index (χ2n) is 7.66. The summed E-state index contributed by atoms with van der Waals surface area (Å²) in [5.74, 6) is 0. The quantitative estimate of drug-likeness (QED) is 0.822. The number of hydrogen-bond donors (Lipinski definition) is 1. The molecule has 1 saturated heterocycles. The average Bonchev–Trinajstić information content (AvgIpc) is 3.03. The Morgan fingerprint density at radius 2 is 1.93 bits per heavy atom. The first-order valence-electron chi connectivity index (χ1n) is 9.25. The minimum absolute atomic E-state index is 0.0208. The lowest BCUT2D eigenvalue weighted by Gasteiger charge is -2.28. The van der Waals surface area contributed by atoms with Gasteiger partial charge in [-0.3, -0.25) is 0 Å². The van der Waals surface area contributed by atoms with Gasteiger partial charge in [0.15, 0.2) is 0 Å². The smallest absolute Gasteiger partial charge is 0.410 e. The van der Waals surface area contributed by atoms with Crippen molar-refractivity contribution in [2.45, 2.75) is 58.0 Å². The van der Waals surface area contributed by atoms with Crippen LogP contribution in [0.25, 0.3) is 0 Å². The lowest BCUT2D eigenvalue weighted by molar-refractivity contribution is 0.0192. The summed E-state index contributed by atoms with van der Waals surface area (Å²) < 4.78 is 16.1. The highest BCUT2D eigenvalue weighted by Crippen LogP contribution is 2.24. The molecule has 1 aliphatic rings. The first-order valence-corrected chi connectivity index (χ1v) is 9.25. The van der Waals surface area contributed by atoms with Crippen molar-refractivity contribution in [3.63, 3.8) is 0 Å². The largest absolute Gasteiger partial charge is 0.445 e. The predicted octanol–water partition coefficient (Wildman–Crippen LogP) is 3.33. The molecule has 1 aromatic carbocycles. The first-order chi connectivity index (χ1) is 12.8. The van der Waals surface area contributed by atoms with E-state index >= 15 is 0 Å². The number of ether oxygens (including phenoxy) is 3. The zero-order valence-corrected chi connectivity index (χ0v) is 16.6. The Balaban J connectivity index is 1.78. The van der Waals surface area contributed by atoms with Crippen LogP contribution in [0.15, 0.2) is 30.3 Å². The van der Waals surface area contributed by atoms with E-state index in [0.717, 1.165) is 12.0 Å². The van der Waals surface area contributed by atoms with Crippen molar-refractivity contribution in [3.8, 4) is 0 Å². The summed E-state index contributed by atoms with van der Waals surface area (Å²) in [6, 6.07) is 9.46. The second kappa shape index (κ2) is 9.60. The molecule has 0 bridgehead atoms. The molecular formula is C20H30N2O5. The lowest BCUT2D eigenvalue weighted by Crippen LogP contribution is -2.41. The van der Waals surface area contributed by atoms with E-state index in [1.54, 1.807) is 12.0 Å². The number of amides is 2. The molecule has 2 atom stereocenters. The van der Waals surface area contributed by atoms with Crippen LogP contribution < -0.4 is 5.32 Å². The van der Waals surface area contributed by atoms with E-state index in [9.17, 15) is 9.59 Å². The van der Waals surface area contributed by atoms with Crippen LogP contribution in [0, 0.1) is 0 Å².